The summed E-state index contributed by atoms with van der Waals surface area (Å²) in [5.74, 6) is 0.153. The van der Waals surface area contributed by atoms with Gasteiger partial charge >= 0.3 is 35.7 Å². The summed E-state index contributed by atoms with van der Waals surface area (Å²) in [4.78, 5) is 4.02. The minimum absolute atomic E-state index is 0. The number of pyridine rings is 1. The van der Waals surface area contributed by atoms with Crippen molar-refractivity contribution in [3.8, 4) is 11.6 Å². The summed E-state index contributed by atoms with van der Waals surface area (Å²) in [6.45, 7) is 0. The molecule has 1 heterocycles. The number of nitrogens with zero attached hydrogens (tertiary/aromatic N) is 2. The second-order valence-corrected chi connectivity index (χ2v) is 7.78. The van der Waals surface area contributed by atoms with Crippen LogP contribution in [0, 0.1) is 0 Å². The number of fused-ring (bicyclic) bond motifs is 1. The number of hydrogen-bond donors (Lipinski definition) is 0. The molecule has 0 saturated heterocycles. The number of ether oxygens (including phenoxy) is 1. The van der Waals surface area contributed by atoms with Gasteiger partial charge in [0.15, 0.2) is 0 Å². The van der Waals surface area contributed by atoms with E-state index in [0.717, 1.165) is 10.8 Å². The number of aromatic nitrogens is 1. The van der Waals surface area contributed by atoms with Crippen LogP contribution >= 0.6 is 0 Å². The van der Waals surface area contributed by atoms with E-state index < -0.39 is 34.8 Å². The predicted molar refractivity (Wildman–Crippen MR) is 100 cm³/mol. The maximum Gasteiger partial charge on any atom is 1.00 e. The van der Waals surface area contributed by atoms with E-state index in [4.69, 9.17) is 4.74 Å². The van der Waals surface area contributed by atoms with E-state index in [0.29, 0.717) is 5.75 Å². The number of hydrogen-bond acceptors (Lipinski definition) is 4. The second-order valence-electron chi connectivity index (χ2n) is 6.03. The van der Waals surface area contributed by atoms with Crippen molar-refractivity contribution in [2.75, 3.05) is 5.75 Å². The molecule has 0 spiro atoms. The van der Waals surface area contributed by atoms with Crippen molar-refractivity contribution in [2.45, 2.75) is 19.0 Å². The van der Waals surface area contributed by atoms with Gasteiger partial charge in [-0.2, -0.15) is 13.2 Å². The third-order valence-corrected chi connectivity index (χ3v) is 5.09. The first-order valence-electron chi connectivity index (χ1n) is 8.36. The Hall–Kier alpha value is -1.81. The minimum Gasteiger partial charge on any atom is -0.576 e. The van der Waals surface area contributed by atoms with Crippen molar-refractivity contribution in [3.05, 3.63) is 65.5 Å². The van der Waals surface area contributed by atoms with Crippen LogP contribution in [0.15, 0.2) is 60.8 Å². The van der Waals surface area contributed by atoms with E-state index in [1.54, 1.807) is 6.07 Å². The van der Waals surface area contributed by atoms with Crippen LogP contribution in [0.2, 0.25) is 0 Å². The average molecular weight is 432 g/mol. The Labute approximate surface area is 188 Å². The molecule has 10 heteroatoms. The number of sulfonamides is 1. The molecule has 29 heavy (non-hydrogen) atoms. The molecule has 3 rings (SSSR count). The van der Waals surface area contributed by atoms with E-state index in [2.05, 4.69) is 9.71 Å². The predicted octanol–water partition coefficient (Wildman–Crippen LogP) is 2.71. The standard InChI is InChI=1S/C19H16F3N2O3S.Na/c20-19(21,22)11-4-12-28(25,26)24-15-9-10-18(23-13-15)27-17-8-3-6-14-5-1-2-7-16(14)17;/h1-3,5-10,13H,4,11-12H2;/q-1;+1. The monoisotopic (exact) mass is 432 g/mol. The van der Waals surface area contributed by atoms with Crippen molar-refractivity contribution >= 4 is 26.5 Å². The molecule has 0 aliphatic heterocycles. The molecule has 0 atom stereocenters. The summed E-state index contributed by atoms with van der Waals surface area (Å²) in [5, 5.41) is 1.89. The quantitative estimate of drug-likeness (QED) is 0.539. The minimum atomic E-state index is -4.39. The van der Waals surface area contributed by atoms with Crippen LogP contribution in [0.1, 0.15) is 12.8 Å². The first-order chi connectivity index (χ1) is 13.2. The molecule has 0 unspecified atom stereocenters. The molecule has 0 saturated carbocycles. The summed E-state index contributed by atoms with van der Waals surface area (Å²) in [6.07, 6.45) is -4.90. The van der Waals surface area contributed by atoms with Crippen LogP contribution in [0.5, 0.6) is 11.6 Å². The maximum absolute atomic E-state index is 12.1. The summed E-state index contributed by atoms with van der Waals surface area (Å²) in [6, 6.07) is 16.1. The van der Waals surface area contributed by atoms with Gasteiger partial charge in [-0.25, -0.2) is 13.4 Å². The molecule has 0 bridgehead atoms. The topological polar surface area (TPSA) is 70.4 Å². The fraction of sp³-hybridized carbons (Fsp3) is 0.211. The van der Waals surface area contributed by atoms with Crippen molar-refractivity contribution in [3.63, 3.8) is 0 Å². The fourth-order valence-electron chi connectivity index (χ4n) is 2.55. The zero-order valence-corrected chi connectivity index (χ0v) is 18.4. The van der Waals surface area contributed by atoms with Crippen LogP contribution < -0.4 is 34.3 Å². The SMILES string of the molecule is O=S(=O)(CCCC(F)(F)F)[N-]c1ccc(Oc2cccc3ccccc23)nc1.[Na+]. The summed E-state index contributed by atoms with van der Waals surface area (Å²) in [5.41, 5.74) is 0.0253. The van der Waals surface area contributed by atoms with E-state index in [9.17, 15) is 21.6 Å². The Morgan fingerprint density at radius 2 is 1.72 bits per heavy atom. The first kappa shape index (κ1) is 23.5. The average Bonchev–Trinajstić information content (AvgIpc) is 2.62. The molecular formula is C19H16F3N2NaO3S. The Balaban J connectivity index is 0.00000300. The summed E-state index contributed by atoms with van der Waals surface area (Å²) < 4.78 is 69.3. The molecule has 0 N–H and O–H groups in total. The molecule has 148 valence electrons. The molecule has 0 radical (unpaired) electrons. The summed E-state index contributed by atoms with van der Waals surface area (Å²) >= 11 is 0. The second kappa shape index (κ2) is 9.80. The van der Waals surface area contributed by atoms with Crippen molar-refractivity contribution in [2.24, 2.45) is 0 Å². The van der Waals surface area contributed by atoms with Gasteiger partial charge in [-0.05, 0) is 23.9 Å². The zero-order chi connectivity index (χ0) is 20.2. The van der Waals surface area contributed by atoms with Gasteiger partial charge in [0, 0.05) is 23.8 Å². The molecule has 0 aliphatic carbocycles. The number of rotatable bonds is 7. The third kappa shape index (κ3) is 7.18. The van der Waals surface area contributed by atoms with Crippen molar-refractivity contribution in [1.29, 1.82) is 0 Å². The number of halogens is 3. The Morgan fingerprint density at radius 3 is 2.41 bits per heavy atom. The Bertz CT molecular complexity index is 1050. The number of benzene rings is 2. The third-order valence-electron chi connectivity index (χ3n) is 3.79. The maximum atomic E-state index is 12.1. The van der Waals surface area contributed by atoms with Gasteiger partial charge in [-0.15, -0.1) is 5.69 Å². The van der Waals surface area contributed by atoms with Crippen LogP contribution in [0.4, 0.5) is 18.9 Å². The molecule has 2 aromatic carbocycles. The van der Waals surface area contributed by atoms with Gasteiger partial charge in [-0.1, -0.05) is 42.5 Å². The fourth-order valence-corrected chi connectivity index (χ4v) is 3.58. The molecule has 3 aromatic rings. The smallest absolute Gasteiger partial charge is 0.576 e. The van der Waals surface area contributed by atoms with Gasteiger partial charge in [0.1, 0.15) is 5.75 Å². The van der Waals surface area contributed by atoms with Crippen LogP contribution in [-0.2, 0) is 10.0 Å². The molecule has 1 aromatic heterocycles. The Morgan fingerprint density at radius 1 is 1.00 bits per heavy atom. The van der Waals surface area contributed by atoms with E-state index in [-0.39, 0.29) is 41.1 Å². The van der Waals surface area contributed by atoms with Gasteiger partial charge in [-0.3, -0.25) is 0 Å². The Kier molecular flexibility index (Phi) is 7.93. The molecular weight excluding hydrogens is 416 g/mol. The van der Waals surface area contributed by atoms with Gasteiger partial charge in [0.05, 0.1) is 10.0 Å². The van der Waals surface area contributed by atoms with Gasteiger partial charge in [0.25, 0.3) is 0 Å². The molecule has 0 amide bonds. The number of alkyl halides is 3. The van der Waals surface area contributed by atoms with Crippen molar-refractivity contribution in [1.82, 2.24) is 4.98 Å². The van der Waals surface area contributed by atoms with Crippen LogP contribution in [-0.4, -0.2) is 25.3 Å². The van der Waals surface area contributed by atoms with Crippen LogP contribution in [0.3, 0.4) is 0 Å². The van der Waals surface area contributed by atoms with Gasteiger partial charge in [0.2, 0.25) is 5.88 Å². The van der Waals surface area contributed by atoms with Crippen molar-refractivity contribution < 1.29 is 55.9 Å². The van der Waals surface area contributed by atoms with E-state index >= 15 is 0 Å². The zero-order valence-electron chi connectivity index (χ0n) is 15.6. The van der Waals surface area contributed by atoms with E-state index in [1.165, 1.54) is 18.3 Å². The molecule has 0 fully saturated rings. The molecule has 0 aliphatic rings. The van der Waals surface area contributed by atoms with Gasteiger partial charge < -0.3 is 9.46 Å². The largest absolute Gasteiger partial charge is 1.00 e. The van der Waals surface area contributed by atoms with E-state index in [1.807, 2.05) is 36.4 Å². The summed E-state index contributed by atoms with van der Waals surface area (Å²) in [7, 11) is -4.01. The first-order valence-corrected chi connectivity index (χ1v) is 9.97. The normalized spacial score (nSPS) is 11.7. The molecule has 5 nitrogen and oxygen atoms in total. The van der Waals surface area contributed by atoms with Crippen LogP contribution in [0.25, 0.3) is 15.5 Å².